The topological polar surface area (TPSA) is 111 Å². The van der Waals surface area contributed by atoms with Crippen molar-refractivity contribution >= 4 is 35.3 Å². The van der Waals surface area contributed by atoms with Gasteiger partial charge in [-0.25, -0.2) is 0 Å². The summed E-state index contributed by atoms with van der Waals surface area (Å²) in [5.41, 5.74) is 8.21. The van der Waals surface area contributed by atoms with E-state index in [1.165, 1.54) is 7.11 Å². The van der Waals surface area contributed by atoms with Crippen molar-refractivity contribution in [2.24, 2.45) is 10.5 Å². The molecule has 0 saturated carbocycles. The van der Waals surface area contributed by atoms with Gasteiger partial charge in [-0.2, -0.15) is 23.5 Å². The van der Waals surface area contributed by atoms with E-state index in [1.54, 1.807) is 30.4 Å². The second kappa shape index (κ2) is 13.3. The van der Waals surface area contributed by atoms with Crippen LogP contribution in [0.25, 0.3) is 10.4 Å². The highest BCUT2D eigenvalue weighted by molar-refractivity contribution is 8.00. The second-order valence-electron chi connectivity index (χ2n) is 7.15. The molecule has 0 aromatic heterocycles. The molecule has 0 aromatic rings. The highest BCUT2D eigenvalue weighted by Gasteiger charge is 2.41. The third-order valence-electron chi connectivity index (χ3n) is 4.41. The molecule has 1 fully saturated rings. The molecule has 0 N–H and O–H groups in total. The number of carbonyl (C=O) groups is 2. The average molecular weight is 434 g/mol. The Balaban J connectivity index is 2.55. The maximum absolute atomic E-state index is 11.3. The fraction of sp³-hybridized carbons (Fsp3) is 0.889. The number of nitrogens with zero attached hydrogens (tertiary/aromatic N) is 3. The molecule has 0 spiro atoms. The standard InChI is InChI=1S/C18H31N3O5S2/c1-15(22)5-9-27-13-18(14-28-10-6-16(23)24-3)11-25-17(2,26-12-18)7-4-8-20-21-19/h4-14H2,1-3H3. The van der Waals surface area contributed by atoms with E-state index in [4.69, 9.17) is 15.0 Å². The number of ketones is 1. The summed E-state index contributed by atoms with van der Waals surface area (Å²) in [6, 6.07) is 0. The van der Waals surface area contributed by atoms with Crippen LogP contribution in [0.1, 0.15) is 39.5 Å². The monoisotopic (exact) mass is 433 g/mol. The summed E-state index contributed by atoms with van der Waals surface area (Å²) in [5, 5.41) is 3.55. The molecule has 1 aliphatic rings. The Labute approximate surface area is 175 Å². The van der Waals surface area contributed by atoms with Crippen LogP contribution in [0.5, 0.6) is 0 Å². The third-order valence-corrected chi connectivity index (χ3v) is 7.03. The van der Waals surface area contributed by atoms with Gasteiger partial charge in [-0.1, -0.05) is 5.11 Å². The molecule has 0 atom stereocenters. The van der Waals surface area contributed by atoms with E-state index >= 15 is 0 Å². The molecule has 160 valence electrons. The summed E-state index contributed by atoms with van der Waals surface area (Å²) in [7, 11) is 1.39. The fourth-order valence-corrected chi connectivity index (χ4v) is 5.18. The largest absolute Gasteiger partial charge is 0.469 e. The molecule has 0 bridgehead atoms. The van der Waals surface area contributed by atoms with Crippen LogP contribution >= 0.6 is 23.5 Å². The lowest BCUT2D eigenvalue weighted by molar-refractivity contribution is -0.290. The van der Waals surface area contributed by atoms with Crippen molar-refractivity contribution in [3.8, 4) is 0 Å². The first-order valence-electron chi connectivity index (χ1n) is 9.35. The lowest BCUT2D eigenvalue weighted by Gasteiger charge is -2.45. The molecule has 1 rings (SSSR count). The number of Topliss-reactive ketones (excluding diaryl/α,β-unsaturated/α-hetero) is 1. The van der Waals surface area contributed by atoms with Crippen LogP contribution in [0.2, 0.25) is 0 Å². The van der Waals surface area contributed by atoms with Gasteiger partial charge in [-0.05, 0) is 25.8 Å². The van der Waals surface area contributed by atoms with Crippen molar-refractivity contribution in [1.29, 1.82) is 0 Å². The Bertz CT molecular complexity index is 547. The third kappa shape index (κ3) is 10.0. The van der Waals surface area contributed by atoms with Crippen LogP contribution in [0.3, 0.4) is 0 Å². The van der Waals surface area contributed by atoms with Crippen LogP contribution in [-0.2, 0) is 23.8 Å². The van der Waals surface area contributed by atoms with E-state index < -0.39 is 5.79 Å². The lowest BCUT2D eigenvalue weighted by atomic mass is 9.93. The molecule has 0 aromatic carbocycles. The minimum atomic E-state index is -0.671. The number of hydrogen-bond acceptors (Lipinski definition) is 8. The number of rotatable bonds is 14. The van der Waals surface area contributed by atoms with E-state index in [0.29, 0.717) is 51.2 Å². The van der Waals surface area contributed by atoms with Crippen molar-refractivity contribution in [1.82, 2.24) is 0 Å². The van der Waals surface area contributed by atoms with Crippen molar-refractivity contribution in [2.45, 2.75) is 45.3 Å². The average Bonchev–Trinajstić information content (AvgIpc) is 2.68. The number of azide groups is 1. The molecule has 0 unspecified atom stereocenters. The molecule has 28 heavy (non-hydrogen) atoms. The van der Waals surface area contributed by atoms with Gasteiger partial charge in [-0.3, -0.25) is 9.59 Å². The van der Waals surface area contributed by atoms with Crippen molar-refractivity contribution in [2.75, 3.05) is 49.9 Å². The zero-order valence-electron chi connectivity index (χ0n) is 17.0. The molecular weight excluding hydrogens is 402 g/mol. The summed E-state index contributed by atoms with van der Waals surface area (Å²) in [6.07, 6.45) is 2.31. The first-order chi connectivity index (χ1) is 13.3. The van der Waals surface area contributed by atoms with Gasteiger partial charge in [-0.15, -0.1) is 0 Å². The highest BCUT2D eigenvalue weighted by atomic mass is 32.2. The zero-order chi connectivity index (χ0) is 20.9. The summed E-state index contributed by atoms with van der Waals surface area (Å²) in [6.45, 7) is 5.06. The van der Waals surface area contributed by atoms with E-state index in [1.807, 2.05) is 6.92 Å². The van der Waals surface area contributed by atoms with Crippen LogP contribution in [0.4, 0.5) is 0 Å². The normalized spacial score (nSPS) is 24.4. The summed E-state index contributed by atoms with van der Waals surface area (Å²) in [4.78, 5) is 25.2. The second-order valence-corrected chi connectivity index (χ2v) is 9.36. The summed E-state index contributed by atoms with van der Waals surface area (Å²) in [5.74, 6) is 2.43. The van der Waals surface area contributed by atoms with E-state index in [9.17, 15) is 9.59 Å². The Morgan fingerprint density at radius 2 is 1.79 bits per heavy atom. The van der Waals surface area contributed by atoms with Gasteiger partial charge in [0.25, 0.3) is 0 Å². The number of methoxy groups -OCH3 is 1. The first-order valence-corrected chi connectivity index (χ1v) is 11.7. The predicted molar refractivity (Wildman–Crippen MR) is 113 cm³/mol. The number of carbonyl (C=O) groups excluding carboxylic acids is 2. The minimum Gasteiger partial charge on any atom is -0.469 e. The van der Waals surface area contributed by atoms with E-state index in [0.717, 1.165) is 17.3 Å². The molecule has 1 aliphatic heterocycles. The van der Waals surface area contributed by atoms with Gasteiger partial charge < -0.3 is 14.2 Å². The molecule has 1 saturated heterocycles. The van der Waals surface area contributed by atoms with Gasteiger partial charge in [0, 0.05) is 52.7 Å². The van der Waals surface area contributed by atoms with E-state index in [2.05, 4.69) is 14.8 Å². The van der Waals surface area contributed by atoms with Gasteiger partial charge in [0.15, 0.2) is 5.79 Å². The number of ether oxygens (including phenoxy) is 3. The molecule has 0 aliphatic carbocycles. The SMILES string of the molecule is COC(=O)CCSCC1(CSCCC(C)=O)COC(C)(CCCN=[N+]=[N-])OC1. The Morgan fingerprint density at radius 1 is 1.18 bits per heavy atom. The van der Waals surface area contributed by atoms with Gasteiger partial charge >= 0.3 is 5.97 Å². The molecular formula is C18H31N3O5S2. The maximum atomic E-state index is 11.3. The van der Waals surface area contributed by atoms with Crippen molar-refractivity contribution < 1.29 is 23.8 Å². The van der Waals surface area contributed by atoms with Gasteiger partial charge in [0.05, 0.1) is 26.7 Å². The lowest BCUT2D eigenvalue weighted by Crippen LogP contribution is -2.50. The highest BCUT2D eigenvalue weighted by Crippen LogP contribution is 2.37. The van der Waals surface area contributed by atoms with Crippen LogP contribution < -0.4 is 0 Å². The maximum Gasteiger partial charge on any atom is 0.306 e. The Hall–Kier alpha value is -0.930. The molecule has 10 heteroatoms. The first kappa shape index (κ1) is 25.1. The number of hydrogen-bond donors (Lipinski definition) is 0. The van der Waals surface area contributed by atoms with Crippen LogP contribution in [-0.4, -0.2) is 67.4 Å². The predicted octanol–water partition coefficient (Wildman–Crippen LogP) is 3.83. The molecule has 8 nitrogen and oxygen atoms in total. The number of thioether (sulfide) groups is 2. The van der Waals surface area contributed by atoms with Gasteiger partial charge in [0.1, 0.15) is 5.78 Å². The van der Waals surface area contributed by atoms with Gasteiger partial charge in [0.2, 0.25) is 0 Å². The van der Waals surface area contributed by atoms with E-state index in [-0.39, 0.29) is 17.2 Å². The van der Waals surface area contributed by atoms with Crippen molar-refractivity contribution in [3.63, 3.8) is 0 Å². The summed E-state index contributed by atoms with van der Waals surface area (Å²) >= 11 is 3.43. The smallest absolute Gasteiger partial charge is 0.306 e. The zero-order valence-corrected chi connectivity index (χ0v) is 18.6. The Kier molecular flexibility index (Phi) is 11.9. The molecule has 0 amide bonds. The number of esters is 1. The Morgan fingerprint density at radius 3 is 2.32 bits per heavy atom. The minimum absolute atomic E-state index is 0.160. The van der Waals surface area contributed by atoms with Crippen LogP contribution in [0, 0.1) is 5.41 Å². The summed E-state index contributed by atoms with van der Waals surface area (Å²) < 4.78 is 16.9. The molecule has 1 heterocycles. The van der Waals surface area contributed by atoms with Crippen LogP contribution in [0.15, 0.2) is 5.11 Å². The molecule has 0 radical (unpaired) electrons. The van der Waals surface area contributed by atoms with Crippen molar-refractivity contribution in [3.05, 3.63) is 10.4 Å². The quantitative estimate of drug-likeness (QED) is 0.134. The fourth-order valence-electron chi connectivity index (χ4n) is 2.61.